The van der Waals surface area contributed by atoms with E-state index in [1.807, 2.05) is 19.1 Å². The van der Waals surface area contributed by atoms with Crippen LogP contribution in [0.2, 0.25) is 0 Å². The van der Waals surface area contributed by atoms with E-state index in [9.17, 15) is 13.5 Å². The normalized spacial score (nSPS) is 11.5. The van der Waals surface area contributed by atoms with Crippen LogP contribution in [0.15, 0.2) is 70.7 Å². The van der Waals surface area contributed by atoms with Crippen molar-refractivity contribution in [1.29, 1.82) is 0 Å². The van der Waals surface area contributed by atoms with Gasteiger partial charge in [0.1, 0.15) is 0 Å². The van der Waals surface area contributed by atoms with Gasteiger partial charge in [0, 0.05) is 0 Å². The van der Waals surface area contributed by atoms with Crippen LogP contribution in [-0.2, 0) is 9.84 Å². The highest BCUT2D eigenvalue weighted by Crippen LogP contribution is 2.28. The fourth-order valence-electron chi connectivity index (χ4n) is 2.08. The molecule has 3 aromatic rings. The fraction of sp³-hybridized carbons (Fsp3) is 0.0625. The van der Waals surface area contributed by atoms with Crippen molar-refractivity contribution in [3.05, 3.63) is 66.4 Å². The molecule has 3 rings (SSSR count). The van der Waals surface area contributed by atoms with E-state index in [4.69, 9.17) is 0 Å². The summed E-state index contributed by atoms with van der Waals surface area (Å²) < 4.78 is 26.4. The Hall–Kier alpha value is -2.60. The lowest BCUT2D eigenvalue weighted by atomic mass is 10.2. The quantitative estimate of drug-likeness (QED) is 0.807. The first-order valence-electron chi connectivity index (χ1n) is 6.64. The van der Waals surface area contributed by atoms with Gasteiger partial charge in [-0.15, -0.1) is 0 Å². The van der Waals surface area contributed by atoms with Crippen LogP contribution in [0, 0.1) is 6.92 Å². The molecule has 0 amide bonds. The van der Waals surface area contributed by atoms with E-state index >= 15 is 0 Å². The minimum absolute atomic E-state index is 0.0967. The number of hydrogen-bond acceptors (Lipinski definition) is 4. The van der Waals surface area contributed by atoms with Gasteiger partial charge >= 0.3 is 0 Å². The summed E-state index contributed by atoms with van der Waals surface area (Å²) in [5.74, 6) is -0.371. The molecule has 0 aliphatic rings. The van der Waals surface area contributed by atoms with Crippen molar-refractivity contribution in [1.82, 2.24) is 9.78 Å². The number of sulfone groups is 1. The average Bonchev–Trinajstić information content (AvgIpc) is 2.91. The van der Waals surface area contributed by atoms with Gasteiger partial charge in [0.15, 0.2) is 5.75 Å². The smallest absolute Gasteiger partial charge is 0.229 e. The molecular weight excluding hydrogens is 300 g/mol. The minimum Gasteiger partial charge on any atom is -0.504 e. The molecular formula is C16H14N2O3S. The Morgan fingerprint density at radius 1 is 1.00 bits per heavy atom. The molecule has 112 valence electrons. The van der Waals surface area contributed by atoms with Crippen molar-refractivity contribution in [3.63, 3.8) is 0 Å². The van der Waals surface area contributed by atoms with Crippen molar-refractivity contribution in [2.24, 2.45) is 0 Å². The largest absolute Gasteiger partial charge is 0.504 e. The van der Waals surface area contributed by atoms with E-state index in [-0.39, 0.29) is 15.7 Å². The maximum absolute atomic E-state index is 12.5. The Bertz CT molecular complexity index is 898. The summed E-state index contributed by atoms with van der Waals surface area (Å²) in [4.78, 5) is 0.0967. The Morgan fingerprint density at radius 2 is 1.64 bits per heavy atom. The molecule has 0 fully saturated rings. The lowest BCUT2D eigenvalue weighted by Crippen LogP contribution is -2.04. The van der Waals surface area contributed by atoms with Gasteiger partial charge in [0.25, 0.3) is 0 Å². The molecule has 22 heavy (non-hydrogen) atoms. The average molecular weight is 314 g/mol. The van der Waals surface area contributed by atoms with Crippen LogP contribution in [0.3, 0.4) is 0 Å². The van der Waals surface area contributed by atoms with Crippen LogP contribution < -0.4 is 0 Å². The molecule has 0 spiro atoms. The Morgan fingerprint density at radius 3 is 2.27 bits per heavy atom. The highest BCUT2D eigenvalue weighted by atomic mass is 32.2. The van der Waals surface area contributed by atoms with E-state index in [2.05, 4.69) is 5.10 Å². The SMILES string of the molecule is Cc1ccc(-n2cc(O)c(S(=O)(=O)c3ccccc3)n2)cc1. The second-order valence-electron chi connectivity index (χ2n) is 4.92. The Balaban J connectivity index is 2.08. The Kier molecular flexibility index (Phi) is 3.46. The van der Waals surface area contributed by atoms with E-state index in [1.165, 1.54) is 23.0 Å². The molecule has 5 nitrogen and oxygen atoms in total. The van der Waals surface area contributed by atoms with Gasteiger partial charge in [-0.25, -0.2) is 13.1 Å². The summed E-state index contributed by atoms with van der Waals surface area (Å²) in [6, 6.07) is 15.3. The standard InChI is InChI=1S/C16H14N2O3S/c1-12-7-9-13(10-8-12)18-11-15(19)16(17-18)22(20,21)14-5-3-2-4-6-14/h2-11,19H,1H3. The van der Waals surface area contributed by atoms with Gasteiger partial charge in [0.2, 0.25) is 14.9 Å². The molecule has 0 saturated carbocycles. The summed E-state index contributed by atoms with van der Waals surface area (Å²) >= 11 is 0. The minimum atomic E-state index is -3.85. The van der Waals surface area contributed by atoms with Crippen LogP contribution in [0.5, 0.6) is 5.75 Å². The van der Waals surface area contributed by atoms with Crippen LogP contribution in [0.4, 0.5) is 0 Å². The second-order valence-corrected chi connectivity index (χ2v) is 6.78. The number of aromatic hydroxyl groups is 1. The summed E-state index contributed by atoms with van der Waals surface area (Å²) in [5, 5.41) is 13.7. The first-order valence-corrected chi connectivity index (χ1v) is 8.12. The van der Waals surface area contributed by atoms with Crippen LogP contribution in [0.25, 0.3) is 5.69 Å². The topological polar surface area (TPSA) is 72.2 Å². The third-order valence-corrected chi connectivity index (χ3v) is 4.96. The lowest BCUT2D eigenvalue weighted by Gasteiger charge is -2.02. The molecule has 1 aromatic heterocycles. The van der Waals surface area contributed by atoms with E-state index in [1.54, 1.807) is 30.3 Å². The van der Waals surface area contributed by atoms with Gasteiger partial charge in [-0.3, -0.25) is 0 Å². The number of rotatable bonds is 3. The van der Waals surface area contributed by atoms with Crippen molar-refractivity contribution >= 4 is 9.84 Å². The molecule has 2 aromatic carbocycles. The molecule has 6 heteroatoms. The first kappa shape index (κ1) is 14.3. The number of benzene rings is 2. The molecule has 0 unspecified atom stereocenters. The molecule has 0 aliphatic heterocycles. The predicted molar refractivity (Wildman–Crippen MR) is 81.9 cm³/mol. The molecule has 0 bridgehead atoms. The van der Waals surface area contributed by atoms with Crippen molar-refractivity contribution in [2.75, 3.05) is 0 Å². The highest BCUT2D eigenvalue weighted by Gasteiger charge is 2.25. The maximum Gasteiger partial charge on any atom is 0.229 e. The zero-order valence-electron chi connectivity index (χ0n) is 11.8. The maximum atomic E-state index is 12.5. The highest BCUT2D eigenvalue weighted by molar-refractivity contribution is 7.91. The summed E-state index contributed by atoms with van der Waals surface area (Å²) in [7, 11) is -3.85. The molecule has 1 heterocycles. The van der Waals surface area contributed by atoms with Gasteiger partial charge in [-0.2, -0.15) is 5.10 Å². The monoisotopic (exact) mass is 314 g/mol. The first-order chi connectivity index (χ1) is 10.5. The number of nitrogens with zero attached hydrogens (tertiary/aromatic N) is 2. The lowest BCUT2D eigenvalue weighted by molar-refractivity contribution is 0.458. The third-order valence-electron chi connectivity index (χ3n) is 3.27. The molecule has 0 saturated heterocycles. The van der Waals surface area contributed by atoms with Crippen LogP contribution in [-0.4, -0.2) is 23.3 Å². The molecule has 1 N–H and O–H groups in total. The van der Waals surface area contributed by atoms with Gasteiger partial charge < -0.3 is 5.11 Å². The number of aryl methyl sites for hydroxylation is 1. The van der Waals surface area contributed by atoms with Crippen molar-refractivity contribution in [3.8, 4) is 11.4 Å². The van der Waals surface area contributed by atoms with E-state index in [0.29, 0.717) is 5.69 Å². The predicted octanol–water partition coefficient (Wildman–Crippen LogP) is 2.72. The zero-order valence-corrected chi connectivity index (χ0v) is 12.7. The van der Waals surface area contributed by atoms with Crippen LogP contribution >= 0.6 is 0 Å². The Labute approximate surface area is 128 Å². The fourth-order valence-corrected chi connectivity index (χ4v) is 3.34. The van der Waals surface area contributed by atoms with E-state index < -0.39 is 9.84 Å². The van der Waals surface area contributed by atoms with Gasteiger partial charge in [-0.1, -0.05) is 35.9 Å². The van der Waals surface area contributed by atoms with Crippen molar-refractivity contribution in [2.45, 2.75) is 16.8 Å². The van der Waals surface area contributed by atoms with Gasteiger partial charge in [-0.05, 0) is 31.2 Å². The number of hydrogen-bond donors (Lipinski definition) is 1. The summed E-state index contributed by atoms with van der Waals surface area (Å²) in [5.41, 5.74) is 1.76. The second kappa shape index (κ2) is 5.31. The molecule has 0 radical (unpaired) electrons. The van der Waals surface area contributed by atoms with Gasteiger partial charge in [0.05, 0.1) is 16.8 Å². The summed E-state index contributed by atoms with van der Waals surface area (Å²) in [6.45, 7) is 1.95. The summed E-state index contributed by atoms with van der Waals surface area (Å²) in [6.07, 6.45) is 1.29. The number of aromatic nitrogens is 2. The van der Waals surface area contributed by atoms with E-state index in [0.717, 1.165) is 5.56 Å². The molecule has 0 aliphatic carbocycles. The third kappa shape index (κ3) is 2.48. The molecule has 0 atom stereocenters. The zero-order chi connectivity index (χ0) is 15.7. The van der Waals surface area contributed by atoms with Crippen LogP contribution in [0.1, 0.15) is 5.56 Å². The van der Waals surface area contributed by atoms with Crippen molar-refractivity contribution < 1.29 is 13.5 Å².